The van der Waals surface area contributed by atoms with E-state index in [9.17, 15) is 0 Å². The molecule has 96 heavy (non-hydrogen) atoms. The van der Waals surface area contributed by atoms with E-state index >= 15 is 0 Å². The lowest BCUT2D eigenvalue weighted by Gasteiger charge is -2.19. The first-order valence-corrected chi connectivity index (χ1v) is 41.5. The summed E-state index contributed by atoms with van der Waals surface area (Å²) in [5.41, 5.74) is 12.7. The standard InChI is InChI=1S/C84H107N5O2S5/c1-7-11-15-19-23-25-29-34-40-62(38-32-27-21-17-13-9-3)58-90-67-49-45-64(46-50-67)77-78(65-47-51-68(52-48-65)91-59-63(39-33-28-22-18-14-10-4)41-35-30-26-24-20-16-12-8-2)86-80-76(82-81(87-96-88-82)75(79(80)85-77)72-53-44-60(5)92-72)73-55-54-71(94-73)74-57-70-84(95-74)83-69(56-61(6)93-83)89(70)66-42-36-31-37-43-66/h31,36-37,42-57,62-63H,7-30,32-35,38-41,58-59H2,1-6H3. The van der Waals surface area contributed by atoms with Gasteiger partial charge in [-0.3, -0.25) is 0 Å². The third-order valence-corrected chi connectivity index (χ3v) is 24.9. The zero-order valence-electron chi connectivity index (χ0n) is 58.8. The summed E-state index contributed by atoms with van der Waals surface area (Å²) in [6, 6.07) is 42.1. The number of benzene rings is 4. The third kappa shape index (κ3) is 19.0. The maximum absolute atomic E-state index is 6.83. The second kappa shape index (κ2) is 37.4. The molecule has 2 unspecified atom stereocenters. The number of para-hydroxylation sites is 1. The zero-order chi connectivity index (χ0) is 66.3. The molecule has 0 radical (unpaired) electrons. The molecule has 11 aromatic rings. The summed E-state index contributed by atoms with van der Waals surface area (Å²) in [5.74, 6) is 2.93. The summed E-state index contributed by atoms with van der Waals surface area (Å²) >= 11 is 8.65. The van der Waals surface area contributed by atoms with Crippen molar-refractivity contribution in [2.45, 2.75) is 247 Å². The Balaban J connectivity index is 0.939. The summed E-state index contributed by atoms with van der Waals surface area (Å²) in [6.07, 6.45) is 42.4. The fraction of sp³-hybridized carbons (Fsp3) is 0.500. The molecule has 7 nitrogen and oxygen atoms in total. The minimum absolute atomic E-state index is 0.555. The number of ether oxygens (including phenoxy) is 2. The van der Waals surface area contributed by atoms with Crippen LogP contribution in [0, 0.1) is 25.7 Å². The molecule has 2 atom stereocenters. The largest absolute Gasteiger partial charge is 0.493 e. The molecule has 0 aliphatic carbocycles. The van der Waals surface area contributed by atoms with Crippen molar-refractivity contribution in [3.8, 4) is 70.3 Å². The van der Waals surface area contributed by atoms with E-state index in [1.54, 1.807) is 11.3 Å². The van der Waals surface area contributed by atoms with Crippen molar-refractivity contribution >= 4 is 99.6 Å². The Hall–Kier alpha value is -5.76. The topological polar surface area (TPSA) is 75.0 Å². The quantitative estimate of drug-likeness (QED) is 0.0354. The maximum atomic E-state index is 6.83. The Morgan fingerprint density at radius 2 is 0.771 bits per heavy atom. The fourth-order valence-electron chi connectivity index (χ4n) is 14.2. The Morgan fingerprint density at radius 3 is 1.22 bits per heavy atom. The van der Waals surface area contributed by atoms with Crippen LogP contribution in [0.4, 0.5) is 0 Å². The molecule has 0 amide bonds. The summed E-state index contributed by atoms with van der Waals surface area (Å²) < 4.78 is 29.1. The first-order valence-electron chi connectivity index (χ1n) is 37.6. The van der Waals surface area contributed by atoms with Gasteiger partial charge < -0.3 is 14.0 Å². The van der Waals surface area contributed by atoms with E-state index < -0.39 is 0 Å². The smallest absolute Gasteiger partial charge is 0.119 e. The van der Waals surface area contributed by atoms with Crippen LogP contribution >= 0.6 is 57.1 Å². The number of fused-ring (bicyclic) bond motifs is 5. The van der Waals surface area contributed by atoms with Gasteiger partial charge in [0.2, 0.25) is 0 Å². The Labute approximate surface area is 595 Å². The number of hydrogen-bond acceptors (Lipinski definition) is 11. The van der Waals surface area contributed by atoms with Crippen LogP contribution in [0.5, 0.6) is 11.5 Å². The number of aromatic nitrogens is 5. The average molecular weight is 1380 g/mol. The van der Waals surface area contributed by atoms with Crippen LogP contribution < -0.4 is 9.47 Å². The van der Waals surface area contributed by atoms with Crippen molar-refractivity contribution in [1.29, 1.82) is 0 Å². The minimum atomic E-state index is 0.555. The fourth-order valence-corrected chi connectivity index (χ4v) is 19.1. The molecule has 0 saturated carbocycles. The highest BCUT2D eigenvalue weighted by Crippen LogP contribution is 2.50. The van der Waals surface area contributed by atoms with E-state index in [-0.39, 0.29) is 0 Å². The summed E-state index contributed by atoms with van der Waals surface area (Å²) in [6.45, 7) is 15.1. The van der Waals surface area contributed by atoms with Gasteiger partial charge in [0.1, 0.15) is 33.6 Å². The summed E-state index contributed by atoms with van der Waals surface area (Å²) in [7, 11) is 0. The second-order valence-electron chi connectivity index (χ2n) is 27.5. The van der Waals surface area contributed by atoms with E-state index in [1.807, 2.05) is 34.0 Å². The first-order chi connectivity index (χ1) is 47.3. The van der Waals surface area contributed by atoms with Crippen LogP contribution in [0.15, 0.2) is 115 Å². The van der Waals surface area contributed by atoms with Gasteiger partial charge in [0.05, 0.1) is 56.8 Å². The minimum Gasteiger partial charge on any atom is -0.493 e. The molecule has 0 spiro atoms. The van der Waals surface area contributed by atoms with Crippen LogP contribution in [0.1, 0.15) is 243 Å². The maximum Gasteiger partial charge on any atom is 0.119 e. The second-order valence-corrected chi connectivity index (χ2v) is 32.7. The number of aryl methyl sites for hydroxylation is 2. The van der Waals surface area contributed by atoms with E-state index in [4.69, 9.17) is 28.2 Å². The van der Waals surface area contributed by atoms with Crippen LogP contribution in [0.25, 0.3) is 101 Å². The number of unbranched alkanes of at least 4 members (excludes halogenated alkanes) is 24. The first kappa shape index (κ1) is 71.5. The number of rotatable bonds is 44. The molecule has 12 heteroatoms. The molecule has 0 aliphatic rings. The molecule has 11 rings (SSSR count). The Kier molecular flexibility index (Phi) is 27.9. The van der Waals surface area contributed by atoms with Gasteiger partial charge in [0.25, 0.3) is 0 Å². The third-order valence-electron chi connectivity index (χ3n) is 19.8. The van der Waals surface area contributed by atoms with Gasteiger partial charge in [0, 0.05) is 57.2 Å². The molecule has 0 fully saturated rings. The monoisotopic (exact) mass is 1380 g/mol. The SMILES string of the molecule is CCCCCCCCCCC(CCCCCCCC)COc1ccc(-c2nc3c(-c4ccc(C)s4)c4nsnc4c(-c4ccc(-c5cc6c(s5)c5sc(C)cc5n6-c5ccccc5)s4)c3nc2-c2ccc(OCC(CCCCCCCC)CCCCCCCCCC)cc2)cc1. The number of hydrogen-bond donors (Lipinski definition) is 0. The lowest BCUT2D eigenvalue weighted by Crippen LogP contribution is -2.12. The molecule has 0 bridgehead atoms. The molecule has 7 aromatic heterocycles. The van der Waals surface area contributed by atoms with Gasteiger partial charge in [-0.15, -0.1) is 45.3 Å². The Bertz CT molecular complexity index is 4090. The van der Waals surface area contributed by atoms with Crippen molar-refractivity contribution in [2.24, 2.45) is 11.8 Å². The highest BCUT2D eigenvalue weighted by Gasteiger charge is 2.28. The van der Waals surface area contributed by atoms with Gasteiger partial charge >= 0.3 is 0 Å². The van der Waals surface area contributed by atoms with E-state index in [0.29, 0.717) is 11.8 Å². The summed E-state index contributed by atoms with van der Waals surface area (Å²) in [5, 5.41) is 0. The molecule has 510 valence electrons. The van der Waals surface area contributed by atoms with Gasteiger partial charge in [-0.2, -0.15) is 8.75 Å². The van der Waals surface area contributed by atoms with E-state index in [0.717, 1.165) is 90.2 Å². The lowest BCUT2D eigenvalue weighted by atomic mass is 9.94. The van der Waals surface area contributed by atoms with Crippen LogP contribution in [0.3, 0.4) is 0 Å². The predicted molar refractivity (Wildman–Crippen MR) is 421 cm³/mol. The van der Waals surface area contributed by atoms with Crippen molar-refractivity contribution < 1.29 is 9.47 Å². The predicted octanol–water partition coefficient (Wildman–Crippen LogP) is 28.5. The van der Waals surface area contributed by atoms with E-state index in [2.05, 4.69) is 161 Å². The molecule has 7 heterocycles. The summed E-state index contributed by atoms with van der Waals surface area (Å²) in [4.78, 5) is 19.1. The van der Waals surface area contributed by atoms with Crippen molar-refractivity contribution in [3.63, 3.8) is 0 Å². The highest BCUT2D eigenvalue weighted by molar-refractivity contribution is 7.31. The molecule has 0 aliphatic heterocycles. The van der Waals surface area contributed by atoms with E-state index in [1.165, 1.54) is 263 Å². The number of nitrogens with zero attached hydrogens (tertiary/aromatic N) is 5. The van der Waals surface area contributed by atoms with Crippen molar-refractivity contribution in [1.82, 2.24) is 23.3 Å². The number of thiophene rings is 4. The molecule has 0 N–H and O–H groups in total. The zero-order valence-corrected chi connectivity index (χ0v) is 62.8. The molecular weight excluding hydrogens is 1270 g/mol. The lowest BCUT2D eigenvalue weighted by molar-refractivity contribution is 0.224. The molecular formula is C84H107N5O2S5. The van der Waals surface area contributed by atoms with Crippen molar-refractivity contribution in [2.75, 3.05) is 13.2 Å². The molecule has 0 saturated heterocycles. The normalized spacial score (nSPS) is 12.6. The van der Waals surface area contributed by atoms with Gasteiger partial charge in [-0.1, -0.05) is 226 Å². The Morgan fingerprint density at radius 1 is 0.365 bits per heavy atom. The highest BCUT2D eigenvalue weighted by atomic mass is 32.1. The molecule has 4 aromatic carbocycles. The van der Waals surface area contributed by atoms with Crippen LogP contribution in [-0.4, -0.2) is 36.5 Å². The van der Waals surface area contributed by atoms with Crippen LogP contribution in [-0.2, 0) is 0 Å². The van der Waals surface area contributed by atoms with Crippen molar-refractivity contribution in [3.05, 3.63) is 125 Å². The van der Waals surface area contributed by atoms with Crippen LogP contribution in [0.2, 0.25) is 0 Å². The average Bonchev–Trinajstić information content (AvgIpc) is 1.22. The van der Waals surface area contributed by atoms with Gasteiger partial charge in [-0.05, 0) is 148 Å². The van der Waals surface area contributed by atoms with Gasteiger partial charge in [0.15, 0.2) is 0 Å². The van der Waals surface area contributed by atoms with Gasteiger partial charge in [-0.25, -0.2) is 9.97 Å².